The number of aliphatic imine (C=N–C) groups is 1. The minimum atomic E-state index is -5.53. The van der Waals surface area contributed by atoms with Gasteiger partial charge in [0.1, 0.15) is 6.61 Å². The van der Waals surface area contributed by atoms with E-state index in [9.17, 15) is 26.4 Å². The number of amidine groups is 1. The lowest BCUT2D eigenvalue weighted by atomic mass is 9.84. The fraction of sp³-hybridized carbons (Fsp3) is 0.290. The predicted octanol–water partition coefficient (Wildman–Crippen LogP) is 7.48. The molecular weight excluding hydrogens is 615 g/mol. The molecule has 5 rings (SSSR count). The quantitative estimate of drug-likeness (QED) is 0.234. The Balaban J connectivity index is 1.21. The molecule has 2 fully saturated rings. The first-order valence-corrected chi connectivity index (χ1v) is 16.2. The minimum absolute atomic E-state index is 0.256. The van der Waals surface area contributed by atoms with Gasteiger partial charge in [0.25, 0.3) is 5.91 Å². The number of ether oxygens (including phenoxy) is 2. The maximum Gasteiger partial charge on any atom is 0.516 e. The molecule has 8 nitrogen and oxygen atoms in total. The van der Waals surface area contributed by atoms with Crippen molar-refractivity contribution in [1.82, 2.24) is 5.32 Å². The van der Waals surface area contributed by atoms with E-state index >= 15 is 0 Å². The molecule has 3 aromatic rings. The van der Waals surface area contributed by atoms with Gasteiger partial charge in [0.2, 0.25) is 0 Å². The number of hydrogen-bond acceptors (Lipinski definition) is 7. The highest BCUT2D eigenvalue weighted by Gasteiger charge is 2.46. The number of nitrogens with one attached hydrogen (secondary N) is 2. The summed E-state index contributed by atoms with van der Waals surface area (Å²) in [5, 5.41) is 2.89. The van der Waals surface area contributed by atoms with Gasteiger partial charge in [-0.1, -0.05) is 49.6 Å². The van der Waals surface area contributed by atoms with Gasteiger partial charge >= 0.3 is 15.5 Å². The van der Waals surface area contributed by atoms with Crippen LogP contribution in [0.4, 0.5) is 24.5 Å². The summed E-state index contributed by atoms with van der Waals surface area (Å²) in [6.45, 7) is 0.384. The Kier molecular flexibility index (Phi) is 9.54. The molecule has 2 N–H and O–H groups in total. The van der Waals surface area contributed by atoms with E-state index in [-0.39, 0.29) is 16.8 Å². The third kappa shape index (κ3) is 7.75. The molecule has 1 aliphatic heterocycles. The third-order valence-electron chi connectivity index (χ3n) is 7.24. The second kappa shape index (κ2) is 13.3. The van der Waals surface area contributed by atoms with Gasteiger partial charge < -0.3 is 14.8 Å². The Morgan fingerprint density at radius 3 is 2.36 bits per heavy atom. The zero-order chi connectivity index (χ0) is 31.3. The summed E-state index contributed by atoms with van der Waals surface area (Å²) in [5.41, 5.74) is -2.26. The van der Waals surface area contributed by atoms with Crippen molar-refractivity contribution >= 4 is 50.3 Å². The van der Waals surface area contributed by atoms with E-state index in [0.717, 1.165) is 29.5 Å². The Morgan fingerprint density at radius 1 is 1.00 bits per heavy atom. The number of anilines is 1. The van der Waals surface area contributed by atoms with Crippen molar-refractivity contribution in [3.63, 3.8) is 0 Å². The molecule has 2 aliphatic rings. The fourth-order valence-electron chi connectivity index (χ4n) is 4.94. The Morgan fingerprint density at radius 2 is 1.70 bits per heavy atom. The molecule has 1 saturated carbocycles. The molecule has 44 heavy (non-hydrogen) atoms. The number of carbonyl (C=O) groups is 1. The van der Waals surface area contributed by atoms with E-state index in [1.807, 2.05) is 0 Å². The second-order valence-electron chi connectivity index (χ2n) is 10.4. The van der Waals surface area contributed by atoms with Crippen LogP contribution in [-0.4, -0.2) is 32.1 Å². The normalized spacial score (nSPS) is 18.0. The highest BCUT2D eigenvalue weighted by molar-refractivity contribution is 8.18. The van der Waals surface area contributed by atoms with E-state index < -0.39 is 15.5 Å². The van der Waals surface area contributed by atoms with Crippen LogP contribution in [0.15, 0.2) is 76.6 Å². The Labute approximate surface area is 257 Å². The van der Waals surface area contributed by atoms with Crippen molar-refractivity contribution in [1.29, 1.82) is 0 Å². The van der Waals surface area contributed by atoms with Crippen LogP contribution < -0.4 is 19.5 Å². The Hall–Kier alpha value is -3.97. The topological polar surface area (TPSA) is 106 Å². The van der Waals surface area contributed by atoms with Gasteiger partial charge in [-0.05, 0) is 89.7 Å². The standard InChI is InChI=1S/C31H30F3N3O5S2/c1-41-27-17-21(9-16-26(27)42-19-20-7-10-23(11-8-20)22-5-3-2-4-6-22)18-28-29(38)36-30(43-28)35-24-12-14-25(15-13-24)37-44(39,40)31(32,33)34/h7-18,22,37H,2-6,19H2,1H3,(H,35,36,38). The average molecular weight is 646 g/mol. The number of rotatable bonds is 9. The van der Waals surface area contributed by atoms with Gasteiger partial charge in [0.15, 0.2) is 16.7 Å². The first kappa shape index (κ1) is 31.5. The van der Waals surface area contributed by atoms with Crippen LogP contribution in [-0.2, 0) is 21.4 Å². The van der Waals surface area contributed by atoms with Gasteiger partial charge in [-0.15, -0.1) is 0 Å². The average Bonchev–Trinajstić information content (AvgIpc) is 3.35. The monoisotopic (exact) mass is 645 g/mol. The summed E-state index contributed by atoms with van der Waals surface area (Å²) in [6, 6.07) is 18.9. The molecule has 0 bridgehead atoms. The zero-order valence-electron chi connectivity index (χ0n) is 23.7. The maximum absolute atomic E-state index is 12.6. The number of thioether (sulfide) groups is 1. The molecule has 3 aromatic carbocycles. The van der Waals surface area contributed by atoms with Crippen LogP contribution in [0.2, 0.25) is 0 Å². The lowest BCUT2D eigenvalue weighted by molar-refractivity contribution is -0.115. The number of amides is 1. The first-order valence-electron chi connectivity index (χ1n) is 13.9. The summed E-state index contributed by atoms with van der Waals surface area (Å²) < 4.78 is 73.3. The van der Waals surface area contributed by atoms with Gasteiger partial charge in [-0.2, -0.15) is 21.6 Å². The molecule has 1 saturated heterocycles. The molecule has 1 aliphatic carbocycles. The van der Waals surface area contributed by atoms with Gasteiger partial charge in [-0.3, -0.25) is 9.52 Å². The van der Waals surface area contributed by atoms with Crippen molar-refractivity contribution in [3.05, 3.63) is 88.3 Å². The fourth-order valence-corrected chi connectivity index (χ4v) is 6.35. The molecule has 0 radical (unpaired) electrons. The van der Waals surface area contributed by atoms with Crippen molar-refractivity contribution in [2.45, 2.75) is 50.1 Å². The van der Waals surface area contributed by atoms with Crippen molar-refractivity contribution in [2.24, 2.45) is 4.99 Å². The highest BCUT2D eigenvalue weighted by atomic mass is 32.2. The molecular formula is C31H30F3N3O5S2. The molecule has 1 heterocycles. The number of alkyl halides is 3. The summed E-state index contributed by atoms with van der Waals surface area (Å²) in [6.07, 6.45) is 8.10. The van der Waals surface area contributed by atoms with Crippen LogP contribution in [0.1, 0.15) is 54.7 Å². The van der Waals surface area contributed by atoms with Gasteiger partial charge in [0.05, 0.1) is 17.7 Å². The molecule has 232 valence electrons. The molecule has 0 spiro atoms. The number of halogens is 3. The summed E-state index contributed by atoms with van der Waals surface area (Å²) in [4.78, 5) is 17.2. The van der Waals surface area contributed by atoms with Crippen LogP contribution in [0.3, 0.4) is 0 Å². The lowest BCUT2D eigenvalue weighted by Crippen LogP contribution is -2.29. The van der Waals surface area contributed by atoms with E-state index in [1.165, 1.54) is 54.5 Å². The van der Waals surface area contributed by atoms with E-state index in [2.05, 4.69) is 34.6 Å². The summed E-state index contributed by atoms with van der Waals surface area (Å²) in [5.74, 6) is 1.35. The maximum atomic E-state index is 12.6. The van der Waals surface area contributed by atoms with Gasteiger partial charge in [0, 0.05) is 5.69 Å². The minimum Gasteiger partial charge on any atom is -0.493 e. The highest BCUT2D eigenvalue weighted by Crippen LogP contribution is 2.35. The number of benzene rings is 3. The van der Waals surface area contributed by atoms with E-state index in [4.69, 9.17) is 9.47 Å². The van der Waals surface area contributed by atoms with Crippen LogP contribution >= 0.6 is 11.8 Å². The SMILES string of the molecule is COc1cc(C=C2SC(=Nc3ccc(NS(=O)(=O)C(F)(F)F)cc3)NC2=O)ccc1OCc1ccc(C2CCCCC2)cc1. The molecule has 0 atom stereocenters. The number of hydrogen-bond donors (Lipinski definition) is 2. The number of sulfonamides is 1. The van der Waals surface area contributed by atoms with E-state index in [1.54, 1.807) is 31.4 Å². The number of carbonyl (C=O) groups excluding carboxylic acids is 1. The summed E-state index contributed by atoms with van der Waals surface area (Å²) in [7, 11) is -3.99. The zero-order valence-corrected chi connectivity index (χ0v) is 25.3. The predicted molar refractivity (Wildman–Crippen MR) is 165 cm³/mol. The van der Waals surface area contributed by atoms with Crippen molar-refractivity contribution in [2.75, 3.05) is 11.8 Å². The van der Waals surface area contributed by atoms with Crippen LogP contribution in [0.5, 0.6) is 11.5 Å². The third-order valence-corrected chi connectivity index (χ3v) is 9.27. The molecule has 13 heteroatoms. The lowest BCUT2D eigenvalue weighted by Gasteiger charge is -2.22. The number of methoxy groups -OCH3 is 1. The number of nitrogens with zero attached hydrogens (tertiary/aromatic N) is 1. The van der Waals surface area contributed by atoms with Crippen molar-refractivity contribution < 1.29 is 35.9 Å². The molecule has 0 aromatic heterocycles. The van der Waals surface area contributed by atoms with E-state index in [0.29, 0.717) is 40.2 Å². The van der Waals surface area contributed by atoms with Crippen molar-refractivity contribution in [3.8, 4) is 11.5 Å². The largest absolute Gasteiger partial charge is 0.516 e. The Bertz CT molecular complexity index is 1670. The van der Waals surface area contributed by atoms with Crippen LogP contribution in [0, 0.1) is 0 Å². The first-order chi connectivity index (χ1) is 21.0. The van der Waals surface area contributed by atoms with Gasteiger partial charge in [-0.25, -0.2) is 4.99 Å². The second-order valence-corrected chi connectivity index (χ2v) is 13.1. The van der Waals surface area contributed by atoms with Crippen LogP contribution in [0.25, 0.3) is 6.08 Å². The molecule has 1 amide bonds. The smallest absolute Gasteiger partial charge is 0.493 e. The molecule has 0 unspecified atom stereocenters. The summed E-state index contributed by atoms with van der Waals surface area (Å²) >= 11 is 1.08.